The molecule has 0 fully saturated rings. The van der Waals surface area contributed by atoms with Crippen LogP contribution < -0.4 is 76.2 Å². The Bertz CT molecular complexity index is 2840. The number of rotatable bonds is 21. The van der Waals surface area contributed by atoms with Gasteiger partial charge in [0.15, 0.2) is 34.5 Å². The summed E-state index contributed by atoms with van der Waals surface area (Å²) >= 11 is 22.8. The quantitative estimate of drug-likeness (QED) is 0.0517. The molecule has 0 bridgehead atoms. The molecule has 69 heavy (non-hydrogen) atoms. The van der Waals surface area contributed by atoms with Gasteiger partial charge < -0.3 is 28.4 Å². The minimum atomic E-state index is -3.10. The first-order valence-corrected chi connectivity index (χ1v) is 33.6. The minimum Gasteiger partial charge on any atom is -0.489 e. The zero-order valence-corrected chi connectivity index (χ0v) is 46.6. The number of aryl methyl sites for hydroxylation is 3. The molecule has 0 aromatic heterocycles. The van der Waals surface area contributed by atoms with Gasteiger partial charge in [0.25, 0.3) is 0 Å². The van der Waals surface area contributed by atoms with Crippen molar-refractivity contribution in [2.75, 3.05) is 39.6 Å². The van der Waals surface area contributed by atoms with E-state index in [1.165, 1.54) is 16.7 Å². The van der Waals surface area contributed by atoms with Crippen molar-refractivity contribution in [1.82, 2.24) is 0 Å². The molecular formula is C57H63O6P3S3. The molecule has 3 aliphatic rings. The van der Waals surface area contributed by atoms with E-state index >= 15 is 0 Å². The fourth-order valence-corrected chi connectivity index (χ4v) is 25.7. The third kappa shape index (κ3) is 6.76. The summed E-state index contributed by atoms with van der Waals surface area (Å²) in [5, 5.41) is 15.6. The van der Waals surface area contributed by atoms with Crippen molar-refractivity contribution in [3.8, 4) is 34.5 Å². The molecule has 0 spiro atoms. The molecule has 360 valence electrons. The summed E-state index contributed by atoms with van der Waals surface area (Å²) < 4.78 is 42.8. The minimum absolute atomic E-state index is 0.400. The van der Waals surface area contributed by atoms with Crippen molar-refractivity contribution in [3.05, 3.63) is 89.5 Å². The van der Waals surface area contributed by atoms with Crippen molar-refractivity contribution >= 4 is 134 Å². The highest BCUT2D eigenvalue weighted by molar-refractivity contribution is 8.28. The highest BCUT2D eigenvalue weighted by atomic mass is 32.4. The van der Waals surface area contributed by atoms with Crippen LogP contribution in [0.25, 0.3) is 32.3 Å². The Hall–Kier alpha value is -3.93. The zero-order chi connectivity index (χ0) is 48.6. The molecule has 12 heteroatoms. The number of benzene rings is 7. The lowest BCUT2D eigenvalue weighted by atomic mass is 9.93. The Morgan fingerprint density at radius 3 is 0.609 bits per heavy atom. The SMILES string of the molecule is CCCc1ccc(P2(=S)c3c(OCC)c(OCC)c4c5c3c3c2c(OCC)c(OCC)c2c3c3c(c(OCC)c(OCC)c(c53)P4(=S)c3ccc(CCC)cc3)P2(=S)c2ccc(CCC)cc2)cc1. The van der Waals surface area contributed by atoms with Gasteiger partial charge in [0.2, 0.25) is 0 Å². The van der Waals surface area contributed by atoms with Gasteiger partial charge in [-0.05, 0) is 93.4 Å². The molecule has 7 aromatic carbocycles. The van der Waals surface area contributed by atoms with Crippen LogP contribution in [-0.4, -0.2) is 39.6 Å². The molecule has 6 nitrogen and oxygen atoms in total. The number of ether oxygens (including phenoxy) is 6. The second-order valence-corrected chi connectivity index (χ2v) is 30.8. The average molecular weight is 1030 g/mol. The fraction of sp³-hybridized carbons (Fsp3) is 0.368. The van der Waals surface area contributed by atoms with E-state index in [-0.39, 0.29) is 0 Å². The first kappa shape index (κ1) is 48.7. The van der Waals surface area contributed by atoms with Gasteiger partial charge in [0.05, 0.1) is 39.6 Å². The maximum atomic E-state index is 7.59. The largest absolute Gasteiger partial charge is 0.489 e. The summed E-state index contributed by atoms with van der Waals surface area (Å²) in [6.45, 7) is 21.4. The van der Waals surface area contributed by atoms with Crippen LogP contribution in [0, 0.1) is 0 Å². The van der Waals surface area contributed by atoms with Crippen molar-refractivity contribution in [2.45, 2.75) is 101 Å². The Kier molecular flexibility index (Phi) is 13.3. The van der Waals surface area contributed by atoms with E-state index in [1.807, 2.05) is 41.5 Å². The smallest absolute Gasteiger partial charge is 0.171 e. The van der Waals surface area contributed by atoms with E-state index < -0.39 is 18.1 Å². The maximum Gasteiger partial charge on any atom is 0.171 e. The van der Waals surface area contributed by atoms with Crippen LogP contribution in [0.15, 0.2) is 72.8 Å². The molecule has 0 amide bonds. The predicted octanol–water partition coefficient (Wildman–Crippen LogP) is 10.6. The van der Waals surface area contributed by atoms with E-state index in [9.17, 15) is 0 Å². The molecule has 3 aliphatic heterocycles. The molecule has 0 saturated carbocycles. The van der Waals surface area contributed by atoms with Gasteiger partial charge in [0.1, 0.15) is 0 Å². The standard InChI is InChI=1S/C57H63O6P3S3/c1-10-19-34-22-28-37(29-23-34)64(67)52-40-41-43-45-44-42(40)54(48(60-15-6)46(52)58-13-4)65(68,38-30-24-35(20-11-2)25-31-38)56(44)50(62-17-8)51(63-18-9)57(45)66(69,39-32-26-36(21-12-3)27-33-39)55(43)49(61-16-7)47(53(41)64)59-14-5/h22-33H,10-21H2,1-9H3. The molecule has 0 aliphatic carbocycles. The summed E-state index contributed by atoms with van der Waals surface area (Å²) in [5.74, 6) is 4.08. The lowest BCUT2D eigenvalue weighted by molar-refractivity contribution is 0.292. The highest BCUT2D eigenvalue weighted by Gasteiger charge is 2.56. The van der Waals surface area contributed by atoms with E-state index in [4.69, 9.17) is 63.8 Å². The van der Waals surface area contributed by atoms with Crippen LogP contribution in [0.2, 0.25) is 0 Å². The van der Waals surface area contributed by atoms with Crippen LogP contribution in [0.3, 0.4) is 0 Å². The molecule has 0 N–H and O–H groups in total. The molecule has 0 saturated heterocycles. The molecule has 0 unspecified atom stereocenters. The van der Waals surface area contributed by atoms with Gasteiger partial charge >= 0.3 is 0 Å². The number of hydrogen-bond acceptors (Lipinski definition) is 9. The fourth-order valence-electron chi connectivity index (χ4n) is 11.6. The van der Waals surface area contributed by atoms with Crippen LogP contribution in [-0.2, 0) is 54.7 Å². The Morgan fingerprint density at radius 2 is 0.464 bits per heavy atom. The monoisotopic (exact) mass is 1030 g/mol. The zero-order valence-electron chi connectivity index (χ0n) is 41.4. The van der Waals surface area contributed by atoms with Gasteiger partial charge in [0, 0.05) is 82.3 Å². The summed E-state index contributed by atoms with van der Waals surface area (Å²) in [6, 6.07) is 17.9. The maximum absolute atomic E-state index is 7.59. The van der Waals surface area contributed by atoms with E-state index in [0.717, 1.165) is 119 Å². The molecule has 7 aromatic rings. The van der Waals surface area contributed by atoms with E-state index in [2.05, 4.69) is 93.6 Å². The predicted molar refractivity (Wildman–Crippen MR) is 307 cm³/mol. The third-order valence-corrected chi connectivity index (χ3v) is 28.6. The van der Waals surface area contributed by atoms with Gasteiger partial charge in [-0.25, -0.2) is 0 Å². The van der Waals surface area contributed by atoms with Gasteiger partial charge in [-0.15, -0.1) is 0 Å². The second kappa shape index (κ2) is 18.9. The highest BCUT2D eigenvalue weighted by Crippen LogP contribution is 2.70. The van der Waals surface area contributed by atoms with Crippen LogP contribution in [0.1, 0.15) is 98.3 Å². The normalized spacial score (nSPS) is 19.3. The Morgan fingerprint density at radius 1 is 0.290 bits per heavy atom. The van der Waals surface area contributed by atoms with E-state index in [0.29, 0.717) is 74.1 Å². The van der Waals surface area contributed by atoms with Gasteiger partial charge in [-0.2, -0.15) is 0 Å². The molecular weight excluding hydrogens is 970 g/mol. The lowest BCUT2D eigenvalue weighted by Gasteiger charge is -2.29. The summed E-state index contributed by atoms with van der Waals surface area (Å²) in [6.07, 6.45) is 6.09. The van der Waals surface area contributed by atoms with Crippen LogP contribution >= 0.6 is 18.1 Å². The van der Waals surface area contributed by atoms with E-state index in [1.54, 1.807) is 0 Å². The van der Waals surface area contributed by atoms with Crippen molar-refractivity contribution in [2.24, 2.45) is 0 Å². The van der Waals surface area contributed by atoms with Crippen molar-refractivity contribution in [1.29, 1.82) is 0 Å². The molecule has 10 rings (SSSR count). The second-order valence-electron chi connectivity index (χ2n) is 18.0. The lowest BCUT2D eigenvalue weighted by Crippen LogP contribution is -2.28. The summed E-state index contributed by atoms with van der Waals surface area (Å²) in [4.78, 5) is 0. The Labute approximate surface area is 423 Å². The van der Waals surface area contributed by atoms with Crippen molar-refractivity contribution in [3.63, 3.8) is 0 Å². The first-order valence-electron chi connectivity index (χ1n) is 25.2. The topological polar surface area (TPSA) is 55.4 Å². The average Bonchev–Trinajstić information content (AvgIpc) is 3.90. The summed E-state index contributed by atoms with van der Waals surface area (Å²) in [5.41, 5.74) is 3.83. The van der Waals surface area contributed by atoms with Crippen molar-refractivity contribution < 1.29 is 28.4 Å². The number of hydrogen-bond donors (Lipinski definition) is 0. The Balaban J connectivity index is 1.55. The van der Waals surface area contributed by atoms with Crippen LogP contribution in [0.5, 0.6) is 34.5 Å². The van der Waals surface area contributed by atoms with Gasteiger partial charge in [-0.1, -0.05) is 148 Å². The van der Waals surface area contributed by atoms with Gasteiger partial charge in [-0.3, -0.25) is 0 Å². The molecule has 3 heterocycles. The molecule has 0 atom stereocenters. The summed E-state index contributed by atoms with van der Waals surface area (Å²) in [7, 11) is 0. The van der Waals surface area contributed by atoms with Crippen LogP contribution in [0.4, 0.5) is 0 Å². The first-order chi connectivity index (χ1) is 33.5. The third-order valence-electron chi connectivity index (χ3n) is 14.0. The molecule has 0 radical (unpaired) electrons.